The third-order valence-corrected chi connectivity index (χ3v) is 5.82. The van der Waals surface area contributed by atoms with E-state index in [1.165, 1.54) is 11.3 Å². The Morgan fingerprint density at radius 3 is 2.52 bits per heavy atom. The van der Waals surface area contributed by atoms with Gasteiger partial charge in [0.15, 0.2) is 11.6 Å². The van der Waals surface area contributed by atoms with Crippen LogP contribution in [0, 0.1) is 17.6 Å². The minimum absolute atomic E-state index is 0.261. The minimum atomic E-state index is -3.88. The second kappa shape index (κ2) is 5.47. The van der Waals surface area contributed by atoms with E-state index in [4.69, 9.17) is 0 Å². The predicted octanol–water partition coefficient (Wildman–Crippen LogP) is 3.46. The van der Waals surface area contributed by atoms with Gasteiger partial charge in [0.25, 0.3) is 0 Å². The molecule has 3 nitrogen and oxygen atoms in total. The van der Waals surface area contributed by atoms with Crippen LogP contribution in [0.4, 0.5) is 8.78 Å². The maximum absolute atomic E-state index is 13.2. The van der Waals surface area contributed by atoms with E-state index in [1.807, 2.05) is 17.5 Å². The number of nitrogens with one attached hydrogen (secondary N) is 1. The second-order valence-corrected chi connectivity index (χ2v) is 7.72. The summed E-state index contributed by atoms with van der Waals surface area (Å²) >= 11 is 1.48. The van der Waals surface area contributed by atoms with E-state index >= 15 is 0 Å². The monoisotopic (exact) mass is 329 g/mol. The summed E-state index contributed by atoms with van der Waals surface area (Å²) in [6.07, 6.45) is 1.92. The third-order valence-electron chi connectivity index (χ3n) is 3.43. The van der Waals surface area contributed by atoms with E-state index < -0.39 is 21.7 Å². The molecule has 1 aromatic carbocycles. The normalized spacial score (nSPS) is 16.9. The lowest BCUT2D eigenvalue weighted by Crippen LogP contribution is -2.29. The van der Waals surface area contributed by atoms with Crippen molar-refractivity contribution in [3.63, 3.8) is 0 Å². The summed E-state index contributed by atoms with van der Waals surface area (Å²) in [5.41, 5.74) is 0. The first kappa shape index (κ1) is 14.6. The van der Waals surface area contributed by atoms with Crippen LogP contribution >= 0.6 is 11.3 Å². The average molecular weight is 329 g/mol. The molecule has 0 aliphatic heterocycles. The molecule has 1 N–H and O–H groups in total. The van der Waals surface area contributed by atoms with Crippen molar-refractivity contribution in [2.75, 3.05) is 0 Å². The lowest BCUT2D eigenvalue weighted by atomic mass is 10.2. The zero-order chi connectivity index (χ0) is 15.0. The molecule has 0 spiro atoms. The molecule has 0 saturated heterocycles. The van der Waals surface area contributed by atoms with Gasteiger partial charge in [-0.2, -0.15) is 0 Å². The summed E-state index contributed by atoms with van der Waals surface area (Å²) < 4.78 is 53.4. The van der Waals surface area contributed by atoms with Crippen LogP contribution in [-0.2, 0) is 10.0 Å². The van der Waals surface area contributed by atoms with Gasteiger partial charge in [0.05, 0.1) is 10.9 Å². The molecule has 2 aromatic rings. The Morgan fingerprint density at radius 2 is 1.95 bits per heavy atom. The third kappa shape index (κ3) is 3.14. The topological polar surface area (TPSA) is 46.2 Å². The molecule has 0 amide bonds. The first-order chi connectivity index (χ1) is 9.97. The van der Waals surface area contributed by atoms with Crippen molar-refractivity contribution in [2.45, 2.75) is 23.8 Å². The highest BCUT2D eigenvalue weighted by atomic mass is 32.2. The maximum Gasteiger partial charge on any atom is 0.241 e. The standard InChI is InChI=1S/C14H13F2NO2S2/c15-11-6-5-10(8-12(11)16)21(18,19)17-14(9-3-4-9)13-2-1-7-20-13/h1-2,5-9,14,17H,3-4H2. The van der Waals surface area contributed by atoms with E-state index in [9.17, 15) is 17.2 Å². The van der Waals surface area contributed by atoms with E-state index in [2.05, 4.69) is 4.72 Å². The van der Waals surface area contributed by atoms with Crippen molar-refractivity contribution >= 4 is 21.4 Å². The van der Waals surface area contributed by atoms with E-state index in [0.717, 1.165) is 29.9 Å². The maximum atomic E-state index is 13.2. The van der Waals surface area contributed by atoms with Gasteiger partial charge in [0.2, 0.25) is 10.0 Å². The van der Waals surface area contributed by atoms with Gasteiger partial charge in [0, 0.05) is 4.88 Å². The second-order valence-electron chi connectivity index (χ2n) is 5.03. The highest BCUT2D eigenvalue weighted by Crippen LogP contribution is 2.43. The fourth-order valence-electron chi connectivity index (χ4n) is 2.16. The van der Waals surface area contributed by atoms with Crippen molar-refractivity contribution in [1.29, 1.82) is 0 Å². The van der Waals surface area contributed by atoms with Crippen LogP contribution in [0.3, 0.4) is 0 Å². The number of benzene rings is 1. The molecule has 3 rings (SSSR count). The fraction of sp³-hybridized carbons (Fsp3) is 0.286. The summed E-state index contributed by atoms with van der Waals surface area (Å²) in [6, 6.07) is 6.03. The molecule has 1 aromatic heterocycles. The smallest absolute Gasteiger partial charge is 0.207 e. The van der Waals surface area contributed by atoms with Crippen LogP contribution < -0.4 is 4.72 Å². The van der Waals surface area contributed by atoms with Crippen molar-refractivity contribution in [1.82, 2.24) is 4.72 Å². The zero-order valence-corrected chi connectivity index (χ0v) is 12.6. The SMILES string of the molecule is O=S(=O)(NC(c1cccs1)C1CC1)c1ccc(F)c(F)c1. The van der Waals surface area contributed by atoms with Gasteiger partial charge in [0.1, 0.15) is 0 Å². The first-order valence-electron chi connectivity index (χ1n) is 6.48. The van der Waals surface area contributed by atoms with Gasteiger partial charge in [-0.15, -0.1) is 11.3 Å². The Morgan fingerprint density at radius 1 is 1.19 bits per heavy atom. The lowest BCUT2D eigenvalue weighted by molar-refractivity contribution is 0.502. The Kier molecular flexibility index (Phi) is 3.81. The lowest BCUT2D eigenvalue weighted by Gasteiger charge is -2.17. The van der Waals surface area contributed by atoms with Gasteiger partial charge in [-0.3, -0.25) is 0 Å². The summed E-state index contributed by atoms with van der Waals surface area (Å²) in [4.78, 5) is 0.673. The predicted molar refractivity (Wildman–Crippen MR) is 76.5 cm³/mol. The number of hydrogen-bond acceptors (Lipinski definition) is 3. The zero-order valence-electron chi connectivity index (χ0n) is 10.9. The van der Waals surface area contributed by atoms with Crippen LogP contribution in [0.2, 0.25) is 0 Å². The molecule has 112 valence electrons. The molecular formula is C14H13F2NO2S2. The van der Waals surface area contributed by atoms with Crippen molar-refractivity contribution < 1.29 is 17.2 Å². The molecule has 21 heavy (non-hydrogen) atoms. The molecular weight excluding hydrogens is 316 g/mol. The Balaban J connectivity index is 1.89. The first-order valence-corrected chi connectivity index (χ1v) is 8.84. The van der Waals surface area contributed by atoms with E-state index in [0.29, 0.717) is 6.07 Å². The number of rotatable bonds is 5. The van der Waals surface area contributed by atoms with Crippen molar-refractivity contribution in [2.24, 2.45) is 5.92 Å². The van der Waals surface area contributed by atoms with Gasteiger partial charge < -0.3 is 0 Å². The molecule has 1 heterocycles. The van der Waals surface area contributed by atoms with Crippen molar-refractivity contribution in [3.8, 4) is 0 Å². The van der Waals surface area contributed by atoms with Gasteiger partial charge in [-0.1, -0.05) is 6.07 Å². The molecule has 0 radical (unpaired) electrons. The average Bonchev–Trinajstić information content (AvgIpc) is 3.13. The van der Waals surface area contributed by atoms with Crippen LogP contribution in [-0.4, -0.2) is 8.42 Å². The Bertz CT molecular complexity index is 740. The molecule has 1 saturated carbocycles. The number of halogens is 2. The fourth-order valence-corrected chi connectivity index (χ4v) is 4.40. The van der Waals surface area contributed by atoms with E-state index in [1.54, 1.807) is 0 Å². The summed E-state index contributed by atoms with van der Waals surface area (Å²) in [5, 5.41) is 1.89. The number of hydrogen-bond donors (Lipinski definition) is 1. The molecule has 1 unspecified atom stereocenters. The summed E-state index contributed by atoms with van der Waals surface area (Å²) in [5.74, 6) is -1.97. The molecule has 1 aliphatic carbocycles. The Labute approximate surface area is 125 Å². The largest absolute Gasteiger partial charge is 0.241 e. The number of sulfonamides is 1. The Hall–Kier alpha value is -1.31. The summed E-state index contributed by atoms with van der Waals surface area (Å²) in [7, 11) is -3.88. The van der Waals surface area contributed by atoms with Crippen LogP contribution in [0.5, 0.6) is 0 Å². The summed E-state index contributed by atoms with van der Waals surface area (Å²) in [6.45, 7) is 0. The van der Waals surface area contributed by atoms with Crippen LogP contribution in [0.15, 0.2) is 40.6 Å². The molecule has 0 bridgehead atoms. The quantitative estimate of drug-likeness (QED) is 0.913. The highest BCUT2D eigenvalue weighted by molar-refractivity contribution is 7.89. The van der Waals surface area contributed by atoms with Gasteiger partial charge in [-0.05, 0) is 48.4 Å². The van der Waals surface area contributed by atoms with Crippen LogP contribution in [0.1, 0.15) is 23.8 Å². The molecule has 1 aliphatic rings. The molecule has 7 heteroatoms. The molecule has 1 fully saturated rings. The molecule has 1 atom stereocenters. The minimum Gasteiger partial charge on any atom is -0.207 e. The van der Waals surface area contributed by atoms with Gasteiger partial charge in [-0.25, -0.2) is 21.9 Å². The van der Waals surface area contributed by atoms with Crippen molar-refractivity contribution in [3.05, 3.63) is 52.2 Å². The van der Waals surface area contributed by atoms with Crippen LogP contribution in [0.25, 0.3) is 0 Å². The van der Waals surface area contributed by atoms with E-state index in [-0.39, 0.29) is 16.9 Å². The van der Waals surface area contributed by atoms with Gasteiger partial charge >= 0.3 is 0 Å². The number of thiophene rings is 1. The highest BCUT2D eigenvalue weighted by Gasteiger charge is 2.36.